The monoisotopic (exact) mass is 523 g/mol. The largest absolute Gasteiger partial charge is 0.457 e. The summed E-state index contributed by atoms with van der Waals surface area (Å²) in [4.78, 5) is 20.7. The van der Waals surface area contributed by atoms with E-state index in [0.29, 0.717) is 65.0 Å². The van der Waals surface area contributed by atoms with E-state index >= 15 is 0 Å². The number of anilines is 1. The topological polar surface area (TPSA) is 119 Å². The number of aromatic nitrogens is 3. The van der Waals surface area contributed by atoms with Gasteiger partial charge in [-0.3, -0.25) is 9.89 Å². The summed E-state index contributed by atoms with van der Waals surface area (Å²) < 4.78 is 12.1. The van der Waals surface area contributed by atoms with Crippen molar-refractivity contribution in [1.82, 2.24) is 25.0 Å². The summed E-state index contributed by atoms with van der Waals surface area (Å²) in [5, 5.41) is 21.3. The lowest BCUT2D eigenvalue weighted by molar-refractivity contribution is -0.125. The predicted octanol–water partition coefficient (Wildman–Crippen LogP) is 4.54. The van der Waals surface area contributed by atoms with Crippen molar-refractivity contribution in [2.45, 2.75) is 12.5 Å². The van der Waals surface area contributed by atoms with Crippen LogP contribution in [-0.4, -0.2) is 70.7 Å². The van der Waals surface area contributed by atoms with E-state index in [2.05, 4.69) is 26.6 Å². The van der Waals surface area contributed by atoms with Gasteiger partial charge in [-0.15, -0.1) is 0 Å². The second kappa shape index (κ2) is 11.7. The third-order valence-corrected chi connectivity index (χ3v) is 6.27. The number of nitriles is 1. The predicted molar refractivity (Wildman–Crippen MR) is 148 cm³/mol. The number of H-pyrrole nitrogens is 1. The van der Waals surface area contributed by atoms with Crippen molar-refractivity contribution in [3.05, 3.63) is 78.5 Å². The Labute approximate surface area is 226 Å². The van der Waals surface area contributed by atoms with E-state index in [1.165, 1.54) is 0 Å². The van der Waals surface area contributed by atoms with Crippen LogP contribution in [-0.2, 0) is 4.79 Å². The Morgan fingerprint density at radius 3 is 2.82 bits per heavy atom. The molecule has 1 aliphatic rings. The molecule has 198 valence electrons. The van der Waals surface area contributed by atoms with Gasteiger partial charge in [-0.2, -0.15) is 10.4 Å². The first-order valence-electron chi connectivity index (χ1n) is 12.6. The number of nitrogens with zero attached hydrogens (tertiary/aromatic N) is 5. The number of carbonyl (C=O) groups is 1. The minimum Gasteiger partial charge on any atom is -0.457 e. The van der Waals surface area contributed by atoms with E-state index in [9.17, 15) is 10.1 Å². The molecule has 0 spiro atoms. The van der Waals surface area contributed by atoms with Crippen molar-refractivity contribution in [3.8, 4) is 29.1 Å². The number of benzene rings is 2. The molecule has 39 heavy (non-hydrogen) atoms. The van der Waals surface area contributed by atoms with E-state index < -0.39 is 0 Å². The number of hydrogen-bond acceptors (Lipinski definition) is 8. The molecule has 10 nitrogen and oxygen atoms in total. The van der Waals surface area contributed by atoms with Gasteiger partial charge in [0.25, 0.3) is 0 Å². The highest BCUT2D eigenvalue weighted by atomic mass is 16.5. The number of ether oxygens (including phenoxy) is 2. The first-order chi connectivity index (χ1) is 19.0. The van der Waals surface area contributed by atoms with Crippen molar-refractivity contribution < 1.29 is 14.3 Å². The molecule has 5 rings (SSSR count). The van der Waals surface area contributed by atoms with E-state index in [-0.39, 0.29) is 11.9 Å². The number of likely N-dealkylation sites (tertiary alicyclic amines) is 1. The van der Waals surface area contributed by atoms with Gasteiger partial charge in [-0.05, 0) is 44.8 Å². The number of likely N-dealkylation sites (N-methyl/N-ethyl adjacent to an activating group) is 1. The molecule has 10 heteroatoms. The Morgan fingerprint density at radius 1 is 1.18 bits per heavy atom. The smallest absolute Gasteiger partial charge is 0.246 e. The van der Waals surface area contributed by atoms with Crippen LogP contribution >= 0.6 is 0 Å². The molecule has 0 radical (unpaired) electrons. The number of fused-ring (bicyclic) bond motifs is 1. The van der Waals surface area contributed by atoms with E-state index in [1.807, 2.05) is 60.3 Å². The zero-order chi connectivity index (χ0) is 27.2. The van der Waals surface area contributed by atoms with Gasteiger partial charge in [0.1, 0.15) is 34.5 Å². The second-order valence-electron chi connectivity index (χ2n) is 9.47. The minimum absolute atomic E-state index is 0.00227. The standard InChI is InChI=1S/C29H29N7O3/c1-35(2)15-6-9-26(37)36-16-13-21(19-36)32-29-27-25(12-14-31-28(27)33-34-29)39-24-11-10-23(17-20(24)18-30)38-22-7-4-3-5-8-22/h3-12,14,17,21H,13,15-16,19H2,1-2H3,(H2,31,32,33,34)/b9-6+. The summed E-state index contributed by atoms with van der Waals surface area (Å²) in [6.07, 6.45) is 5.91. The average Bonchev–Trinajstić information content (AvgIpc) is 3.58. The fraction of sp³-hybridized carbons (Fsp3) is 0.241. The van der Waals surface area contributed by atoms with Gasteiger partial charge < -0.3 is 24.6 Å². The Morgan fingerprint density at radius 2 is 2.03 bits per heavy atom. The molecule has 2 aromatic carbocycles. The highest BCUT2D eigenvalue weighted by Gasteiger charge is 2.27. The molecule has 1 amide bonds. The molecule has 4 aromatic rings. The SMILES string of the molecule is CN(C)C/C=C/C(=O)N1CCC(Nc2n[nH]c3nccc(Oc4ccc(Oc5ccccc5)cc4C#N)c23)C1. The van der Waals surface area contributed by atoms with Gasteiger partial charge in [0.2, 0.25) is 5.91 Å². The Hall–Kier alpha value is -4.88. The molecule has 1 atom stereocenters. The molecule has 1 saturated heterocycles. The number of para-hydroxylation sites is 1. The summed E-state index contributed by atoms with van der Waals surface area (Å²) in [5.41, 5.74) is 0.883. The highest BCUT2D eigenvalue weighted by molar-refractivity contribution is 5.93. The Kier molecular flexibility index (Phi) is 7.70. The number of pyridine rings is 1. The van der Waals surface area contributed by atoms with E-state index in [1.54, 1.807) is 36.5 Å². The molecule has 0 aliphatic carbocycles. The van der Waals surface area contributed by atoms with Crippen LogP contribution in [0.2, 0.25) is 0 Å². The zero-order valence-corrected chi connectivity index (χ0v) is 21.8. The lowest BCUT2D eigenvalue weighted by Crippen LogP contribution is -2.30. The normalized spacial score (nSPS) is 15.1. The first-order valence-corrected chi connectivity index (χ1v) is 12.6. The lowest BCUT2D eigenvalue weighted by Gasteiger charge is -2.16. The van der Waals surface area contributed by atoms with Crippen LogP contribution in [0.5, 0.6) is 23.0 Å². The molecule has 2 N–H and O–H groups in total. The lowest BCUT2D eigenvalue weighted by atomic mass is 10.2. The van der Waals surface area contributed by atoms with Crippen LogP contribution in [0.1, 0.15) is 12.0 Å². The maximum Gasteiger partial charge on any atom is 0.246 e. The average molecular weight is 524 g/mol. The van der Waals surface area contributed by atoms with Crippen molar-refractivity contribution in [1.29, 1.82) is 5.26 Å². The van der Waals surface area contributed by atoms with Gasteiger partial charge in [0.15, 0.2) is 11.5 Å². The Bertz CT molecular complexity index is 1530. The Balaban J connectivity index is 1.31. The number of rotatable bonds is 9. The van der Waals surface area contributed by atoms with Gasteiger partial charge in [0.05, 0.1) is 5.56 Å². The molecular weight excluding hydrogens is 494 g/mol. The van der Waals surface area contributed by atoms with Gasteiger partial charge >= 0.3 is 0 Å². The molecule has 0 bridgehead atoms. The number of hydrogen-bond donors (Lipinski definition) is 2. The third kappa shape index (κ3) is 6.17. The summed E-state index contributed by atoms with van der Waals surface area (Å²) in [7, 11) is 3.92. The third-order valence-electron chi connectivity index (χ3n) is 6.27. The van der Waals surface area contributed by atoms with Crippen molar-refractivity contribution in [2.24, 2.45) is 0 Å². The second-order valence-corrected chi connectivity index (χ2v) is 9.47. The van der Waals surface area contributed by atoms with Crippen LogP contribution in [0.3, 0.4) is 0 Å². The van der Waals surface area contributed by atoms with Gasteiger partial charge in [0, 0.05) is 50.1 Å². The number of carbonyl (C=O) groups excluding carboxylic acids is 1. The first kappa shape index (κ1) is 25.8. The molecule has 2 aromatic heterocycles. The molecule has 1 aliphatic heterocycles. The fourth-order valence-electron chi connectivity index (χ4n) is 4.35. The van der Waals surface area contributed by atoms with Crippen LogP contribution in [0, 0.1) is 11.3 Å². The quantitative estimate of drug-likeness (QED) is 0.307. The van der Waals surface area contributed by atoms with Crippen LogP contribution < -0.4 is 14.8 Å². The van der Waals surface area contributed by atoms with E-state index in [4.69, 9.17) is 9.47 Å². The number of amides is 1. The summed E-state index contributed by atoms with van der Waals surface area (Å²) in [6, 6.07) is 18.4. The minimum atomic E-state index is 0.00227. The van der Waals surface area contributed by atoms with Gasteiger partial charge in [-0.1, -0.05) is 24.3 Å². The summed E-state index contributed by atoms with van der Waals surface area (Å²) in [5.74, 6) is 2.69. The maximum atomic E-state index is 12.5. The molecule has 1 unspecified atom stereocenters. The molecule has 1 fully saturated rings. The molecular formula is C29H29N7O3. The van der Waals surface area contributed by atoms with E-state index in [0.717, 1.165) is 6.42 Å². The zero-order valence-electron chi connectivity index (χ0n) is 21.8. The fourth-order valence-corrected chi connectivity index (χ4v) is 4.35. The molecule has 0 saturated carbocycles. The van der Waals surface area contributed by atoms with Crippen molar-refractivity contribution in [2.75, 3.05) is 39.0 Å². The van der Waals surface area contributed by atoms with Crippen LogP contribution in [0.4, 0.5) is 5.82 Å². The highest BCUT2D eigenvalue weighted by Crippen LogP contribution is 2.36. The van der Waals surface area contributed by atoms with Crippen molar-refractivity contribution in [3.63, 3.8) is 0 Å². The maximum absolute atomic E-state index is 12.5. The number of nitrogens with one attached hydrogen (secondary N) is 2. The number of aromatic amines is 1. The molecule has 3 heterocycles. The van der Waals surface area contributed by atoms with Gasteiger partial charge in [-0.25, -0.2) is 4.98 Å². The summed E-state index contributed by atoms with van der Waals surface area (Å²) in [6.45, 7) is 1.94. The van der Waals surface area contributed by atoms with Crippen LogP contribution in [0.25, 0.3) is 11.0 Å². The summed E-state index contributed by atoms with van der Waals surface area (Å²) >= 11 is 0. The van der Waals surface area contributed by atoms with Crippen LogP contribution in [0.15, 0.2) is 72.9 Å². The van der Waals surface area contributed by atoms with Crippen molar-refractivity contribution >= 4 is 22.8 Å².